The molecule has 0 saturated carbocycles. The maximum Gasteiger partial charge on any atom is 0.0580 e. The van der Waals surface area contributed by atoms with Gasteiger partial charge in [-0.05, 0) is 45.3 Å². The minimum absolute atomic E-state index is 0.663. The summed E-state index contributed by atoms with van der Waals surface area (Å²) in [6.07, 6.45) is 1.92. The van der Waals surface area contributed by atoms with E-state index in [-0.39, 0.29) is 0 Å². The standard InChI is InChI=1S/C22H17ClN2/c23-19-11-9-16(10-12-19)14-24-25-15-22-20-7-3-1-5-17(20)13-18-6-2-4-8-21(18)22/h1-13,15,24H,14H2/b25-15+. The maximum absolute atomic E-state index is 5.91. The van der Waals surface area contributed by atoms with Gasteiger partial charge in [0.15, 0.2) is 0 Å². The van der Waals surface area contributed by atoms with Crippen LogP contribution in [-0.4, -0.2) is 6.21 Å². The quantitative estimate of drug-likeness (QED) is 0.283. The van der Waals surface area contributed by atoms with Crippen LogP contribution >= 0.6 is 11.6 Å². The van der Waals surface area contributed by atoms with Crippen molar-refractivity contribution >= 4 is 39.4 Å². The molecule has 0 aliphatic heterocycles. The van der Waals surface area contributed by atoms with Crippen LogP contribution in [0.2, 0.25) is 5.02 Å². The molecule has 0 amide bonds. The molecule has 0 fully saturated rings. The van der Waals surface area contributed by atoms with Gasteiger partial charge >= 0.3 is 0 Å². The molecular weight excluding hydrogens is 328 g/mol. The lowest BCUT2D eigenvalue weighted by Crippen LogP contribution is -2.05. The number of nitrogens with zero attached hydrogens (tertiary/aromatic N) is 1. The average molecular weight is 345 g/mol. The summed E-state index contributed by atoms with van der Waals surface area (Å²) < 4.78 is 0. The van der Waals surface area contributed by atoms with Crippen molar-refractivity contribution in [2.75, 3.05) is 0 Å². The molecule has 3 heteroatoms. The molecule has 1 N–H and O–H groups in total. The van der Waals surface area contributed by atoms with Gasteiger partial charge in [0.05, 0.1) is 12.8 Å². The first-order valence-electron chi connectivity index (χ1n) is 8.22. The highest BCUT2D eigenvalue weighted by atomic mass is 35.5. The predicted octanol–water partition coefficient (Wildman–Crippen LogP) is 5.77. The molecular formula is C22H17ClN2. The van der Waals surface area contributed by atoms with E-state index in [1.54, 1.807) is 0 Å². The third-order valence-electron chi connectivity index (χ3n) is 4.29. The van der Waals surface area contributed by atoms with Gasteiger partial charge in [-0.2, -0.15) is 5.10 Å². The molecule has 0 aromatic heterocycles. The fraction of sp³-hybridized carbons (Fsp3) is 0.0455. The first-order valence-corrected chi connectivity index (χ1v) is 8.60. The normalized spacial score (nSPS) is 11.4. The highest BCUT2D eigenvalue weighted by Gasteiger charge is 2.05. The van der Waals surface area contributed by atoms with Crippen LogP contribution in [0.25, 0.3) is 21.5 Å². The van der Waals surface area contributed by atoms with Gasteiger partial charge in [0.2, 0.25) is 0 Å². The van der Waals surface area contributed by atoms with Crippen LogP contribution in [0.3, 0.4) is 0 Å². The number of hydrazone groups is 1. The molecule has 0 spiro atoms. The van der Waals surface area contributed by atoms with E-state index in [1.807, 2.05) is 30.5 Å². The van der Waals surface area contributed by atoms with Crippen LogP contribution in [-0.2, 0) is 6.54 Å². The highest BCUT2D eigenvalue weighted by molar-refractivity contribution is 6.30. The van der Waals surface area contributed by atoms with Crippen molar-refractivity contribution < 1.29 is 0 Å². The van der Waals surface area contributed by atoms with Gasteiger partial charge in [-0.3, -0.25) is 0 Å². The van der Waals surface area contributed by atoms with Gasteiger partial charge in [-0.1, -0.05) is 72.3 Å². The van der Waals surface area contributed by atoms with Crippen molar-refractivity contribution in [3.05, 3.63) is 95.0 Å². The Morgan fingerprint density at radius 2 is 1.40 bits per heavy atom. The molecule has 0 unspecified atom stereocenters. The van der Waals surface area contributed by atoms with Gasteiger partial charge in [0.25, 0.3) is 0 Å². The van der Waals surface area contributed by atoms with Gasteiger partial charge < -0.3 is 5.43 Å². The van der Waals surface area contributed by atoms with E-state index in [9.17, 15) is 0 Å². The summed E-state index contributed by atoms with van der Waals surface area (Å²) in [6, 6.07) is 26.8. The first-order chi connectivity index (χ1) is 12.3. The van der Waals surface area contributed by atoms with Crippen LogP contribution in [0.5, 0.6) is 0 Å². The lowest BCUT2D eigenvalue weighted by atomic mass is 9.97. The summed E-state index contributed by atoms with van der Waals surface area (Å²) in [4.78, 5) is 0. The largest absolute Gasteiger partial charge is 0.306 e. The fourth-order valence-corrected chi connectivity index (χ4v) is 3.16. The molecule has 0 saturated heterocycles. The Morgan fingerprint density at radius 1 is 0.800 bits per heavy atom. The number of hydrogen-bond donors (Lipinski definition) is 1. The second-order valence-corrected chi connectivity index (χ2v) is 6.39. The predicted molar refractivity (Wildman–Crippen MR) is 107 cm³/mol. The van der Waals surface area contributed by atoms with Crippen LogP contribution in [0.15, 0.2) is 84.0 Å². The third kappa shape index (κ3) is 3.35. The Hall–Kier alpha value is -2.84. The smallest absolute Gasteiger partial charge is 0.0580 e. The molecule has 0 radical (unpaired) electrons. The third-order valence-corrected chi connectivity index (χ3v) is 4.55. The van der Waals surface area contributed by atoms with Crippen molar-refractivity contribution in [1.29, 1.82) is 0 Å². The molecule has 4 aromatic rings. The van der Waals surface area contributed by atoms with E-state index in [2.05, 4.69) is 65.1 Å². The second-order valence-electron chi connectivity index (χ2n) is 5.95. The van der Waals surface area contributed by atoms with Gasteiger partial charge in [0, 0.05) is 10.6 Å². The molecule has 0 aliphatic rings. The maximum atomic E-state index is 5.91. The summed E-state index contributed by atoms with van der Waals surface area (Å²) in [5.41, 5.74) is 5.40. The van der Waals surface area contributed by atoms with Gasteiger partial charge in [-0.25, -0.2) is 0 Å². The van der Waals surface area contributed by atoms with Gasteiger partial charge in [0.1, 0.15) is 0 Å². The molecule has 122 valence electrons. The minimum atomic E-state index is 0.663. The number of fused-ring (bicyclic) bond motifs is 2. The van der Waals surface area contributed by atoms with E-state index in [0.29, 0.717) is 6.54 Å². The summed E-state index contributed by atoms with van der Waals surface area (Å²) in [7, 11) is 0. The molecule has 0 atom stereocenters. The molecule has 25 heavy (non-hydrogen) atoms. The topological polar surface area (TPSA) is 24.4 Å². The number of hydrogen-bond acceptors (Lipinski definition) is 2. The SMILES string of the molecule is Clc1ccc(CN/N=C/c2c3ccccc3cc3ccccc23)cc1. The Morgan fingerprint density at radius 3 is 2.04 bits per heavy atom. The highest BCUT2D eigenvalue weighted by Crippen LogP contribution is 2.27. The van der Waals surface area contributed by atoms with Crippen molar-refractivity contribution in [3.8, 4) is 0 Å². The van der Waals surface area contributed by atoms with Crippen molar-refractivity contribution in [2.45, 2.75) is 6.54 Å². The second kappa shape index (κ2) is 6.96. The Balaban J connectivity index is 1.66. The summed E-state index contributed by atoms with van der Waals surface area (Å²) in [6.45, 7) is 0.663. The fourth-order valence-electron chi connectivity index (χ4n) is 3.04. The number of benzene rings is 4. The lowest BCUT2D eigenvalue weighted by Gasteiger charge is -2.08. The zero-order valence-electron chi connectivity index (χ0n) is 13.6. The number of halogens is 1. The van der Waals surface area contributed by atoms with Crippen LogP contribution in [0.1, 0.15) is 11.1 Å². The zero-order chi connectivity index (χ0) is 17.1. The van der Waals surface area contributed by atoms with Crippen molar-refractivity contribution in [2.24, 2.45) is 5.10 Å². The van der Waals surface area contributed by atoms with Crippen LogP contribution in [0, 0.1) is 0 Å². The van der Waals surface area contributed by atoms with E-state index in [4.69, 9.17) is 11.6 Å². The van der Waals surface area contributed by atoms with Crippen LogP contribution in [0.4, 0.5) is 0 Å². The molecule has 4 rings (SSSR count). The van der Waals surface area contributed by atoms with Crippen molar-refractivity contribution in [3.63, 3.8) is 0 Å². The molecule has 0 heterocycles. The average Bonchev–Trinajstić information content (AvgIpc) is 2.66. The molecule has 4 aromatic carbocycles. The van der Waals surface area contributed by atoms with Crippen LogP contribution < -0.4 is 5.43 Å². The van der Waals surface area contributed by atoms with Crippen molar-refractivity contribution in [1.82, 2.24) is 5.43 Å². The summed E-state index contributed by atoms with van der Waals surface area (Å²) in [5.74, 6) is 0. The molecule has 0 aliphatic carbocycles. The summed E-state index contributed by atoms with van der Waals surface area (Å²) in [5, 5.41) is 10.1. The zero-order valence-corrected chi connectivity index (χ0v) is 14.4. The lowest BCUT2D eigenvalue weighted by molar-refractivity contribution is 0.748. The Labute approximate surface area is 151 Å². The Kier molecular flexibility index (Phi) is 4.36. The van der Waals surface area contributed by atoms with E-state index < -0.39 is 0 Å². The van der Waals surface area contributed by atoms with E-state index >= 15 is 0 Å². The molecule has 0 bridgehead atoms. The first kappa shape index (κ1) is 15.7. The molecule has 2 nitrogen and oxygen atoms in total. The minimum Gasteiger partial charge on any atom is -0.306 e. The monoisotopic (exact) mass is 344 g/mol. The number of rotatable bonds is 4. The number of nitrogens with one attached hydrogen (secondary N) is 1. The summed E-state index contributed by atoms with van der Waals surface area (Å²) >= 11 is 5.91. The van der Waals surface area contributed by atoms with E-state index in [0.717, 1.165) is 16.1 Å². The Bertz CT molecular complexity index is 998. The van der Waals surface area contributed by atoms with Gasteiger partial charge in [-0.15, -0.1) is 0 Å². The van der Waals surface area contributed by atoms with E-state index in [1.165, 1.54) is 21.5 Å².